The Hall–Kier alpha value is -2.42. The summed E-state index contributed by atoms with van der Waals surface area (Å²) in [6.07, 6.45) is 5.88. The molecule has 1 heterocycles. The van der Waals surface area contributed by atoms with Crippen LogP contribution >= 0.6 is 0 Å². The summed E-state index contributed by atoms with van der Waals surface area (Å²) in [6.45, 7) is 13.4. The van der Waals surface area contributed by atoms with Gasteiger partial charge in [0.25, 0.3) is 0 Å². The third-order valence-electron chi connectivity index (χ3n) is 6.00. The van der Waals surface area contributed by atoms with Crippen LogP contribution in [-0.2, 0) is 15.6 Å². The summed E-state index contributed by atoms with van der Waals surface area (Å²) in [7, 11) is 1.37. The highest BCUT2D eigenvalue weighted by Gasteiger charge is 2.37. The molecular weight excluding hydrogens is 334 g/mol. The molecule has 0 spiro atoms. The highest BCUT2D eigenvalue weighted by molar-refractivity contribution is 5.88. The fourth-order valence-corrected chi connectivity index (χ4v) is 4.06. The largest absolute Gasteiger partial charge is 0.465 e. The summed E-state index contributed by atoms with van der Waals surface area (Å²) in [5.74, 6) is -0.384. The molecule has 3 nitrogen and oxygen atoms in total. The zero-order chi connectivity index (χ0) is 19.8. The van der Waals surface area contributed by atoms with Crippen molar-refractivity contribution in [2.24, 2.45) is 0 Å². The van der Waals surface area contributed by atoms with Crippen molar-refractivity contribution in [3.8, 4) is 0 Å². The molecule has 2 aromatic rings. The van der Waals surface area contributed by atoms with Gasteiger partial charge in [0.15, 0.2) is 0 Å². The Morgan fingerprint density at radius 3 is 2.33 bits per heavy atom. The van der Waals surface area contributed by atoms with E-state index in [4.69, 9.17) is 4.74 Å². The third kappa shape index (κ3) is 3.55. The van der Waals surface area contributed by atoms with Gasteiger partial charge in [-0.2, -0.15) is 0 Å². The van der Waals surface area contributed by atoms with Crippen molar-refractivity contribution in [1.29, 1.82) is 0 Å². The van der Waals surface area contributed by atoms with Gasteiger partial charge in [-0.05, 0) is 52.5 Å². The first kappa shape index (κ1) is 19.3. The van der Waals surface area contributed by atoms with Crippen molar-refractivity contribution in [3.63, 3.8) is 0 Å². The number of pyridine rings is 1. The van der Waals surface area contributed by atoms with E-state index >= 15 is 0 Å². The molecule has 0 N–H and O–H groups in total. The maximum Gasteiger partial charge on any atom is 0.339 e. The van der Waals surface area contributed by atoms with Gasteiger partial charge in [0.1, 0.15) is 0 Å². The molecule has 1 atom stereocenters. The van der Waals surface area contributed by atoms with Crippen LogP contribution < -0.4 is 0 Å². The molecule has 0 bridgehead atoms. The number of nitrogens with zero attached hydrogens (tertiary/aromatic N) is 1. The van der Waals surface area contributed by atoms with E-state index in [2.05, 4.69) is 57.5 Å². The average Bonchev–Trinajstić information content (AvgIpc) is 2.66. The number of fused-ring (bicyclic) bond motifs is 1. The second-order valence-corrected chi connectivity index (χ2v) is 8.75. The Morgan fingerprint density at radius 1 is 1.11 bits per heavy atom. The highest BCUT2D eigenvalue weighted by atomic mass is 16.5. The zero-order valence-corrected chi connectivity index (χ0v) is 17.0. The van der Waals surface area contributed by atoms with Gasteiger partial charge in [-0.15, -0.1) is 6.58 Å². The van der Waals surface area contributed by atoms with Crippen LogP contribution in [0.25, 0.3) is 0 Å². The first-order valence-electron chi connectivity index (χ1n) is 9.51. The number of carbonyl (C=O) groups is 1. The molecule has 1 unspecified atom stereocenters. The van der Waals surface area contributed by atoms with Crippen LogP contribution in [0.15, 0.2) is 49.2 Å². The van der Waals surface area contributed by atoms with Crippen LogP contribution in [0.4, 0.5) is 0 Å². The van der Waals surface area contributed by atoms with Gasteiger partial charge in [-0.25, -0.2) is 4.79 Å². The lowest BCUT2D eigenvalue weighted by Crippen LogP contribution is -2.34. The number of hydrogen-bond acceptors (Lipinski definition) is 3. The molecule has 0 radical (unpaired) electrons. The SMILES string of the molecule is C=CC(c1ccc2c(c1)C(C)(C)CCC2(C)C)c1ccc(C(=O)OC)cn1. The standard InChI is InChI=1S/C24H29NO2/c1-7-18(21-11-9-17(15-25-21)22(26)27-6)16-8-10-19-20(14-16)24(4,5)13-12-23(19,2)3/h7-11,14-15,18H,1,12-13H2,2-6H3. The number of benzene rings is 1. The van der Waals surface area contributed by atoms with Crippen molar-refractivity contribution in [3.05, 3.63) is 77.1 Å². The topological polar surface area (TPSA) is 39.2 Å². The number of rotatable bonds is 4. The Balaban J connectivity index is 2.02. The quantitative estimate of drug-likeness (QED) is 0.529. The summed E-state index contributed by atoms with van der Waals surface area (Å²) in [6, 6.07) is 10.5. The maximum absolute atomic E-state index is 11.6. The minimum atomic E-state index is -0.373. The van der Waals surface area contributed by atoms with Crippen molar-refractivity contribution in [1.82, 2.24) is 4.98 Å². The lowest BCUT2D eigenvalue weighted by atomic mass is 9.62. The predicted molar refractivity (Wildman–Crippen MR) is 109 cm³/mol. The van der Waals surface area contributed by atoms with Crippen LogP contribution in [0.5, 0.6) is 0 Å². The van der Waals surface area contributed by atoms with E-state index in [0.29, 0.717) is 5.56 Å². The van der Waals surface area contributed by atoms with Crippen molar-refractivity contribution < 1.29 is 9.53 Å². The molecule has 0 saturated carbocycles. The first-order chi connectivity index (χ1) is 12.7. The number of esters is 1. The maximum atomic E-state index is 11.6. The van der Waals surface area contributed by atoms with Gasteiger partial charge in [-0.1, -0.05) is 52.0 Å². The molecule has 3 rings (SSSR count). The van der Waals surface area contributed by atoms with Crippen LogP contribution in [0.2, 0.25) is 0 Å². The van der Waals surface area contributed by atoms with Crippen molar-refractivity contribution >= 4 is 5.97 Å². The fourth-order valence-electron chi connectivity index (χ4n) is 4.06. The number of hydrogen-bond donors (Lipinski definition) is 0. The van der Waals surface area contributed by atoms with E-state index in [1.165, 1.54) is 36.6 Å². The molecule has 1 aromatic carbocycles. The molecule has 27 heavy (non-hydrogen) atoms. The van der Waals surface area contributed by atoms with E-state index in [-0.39, 0.29) is 22.7 Å². The molecule has 1 aliphatic rings. The van der Waals surface area contributed by atoms with Gasteiger partial charge in [-0.3, -0.25) is 4.98 Å². The number of carbonyl (C=O) groups excluding carboxylic acids is 1. The summed E-state index contributed by atoms with van der Waals surface area (Å²) < 4.78 is 4.75. The number of ether oxygens (including phenoxy) is 1. The van der Waals surface area contributed by atoms with Gasteiger partial charge < -0.3 is 4.74 Å². The van der Waals surface area contributed by atoms with Crippen LogP contribution in [0.1, 0.15) is 79.2 Å². The predicted octanol–water partition coefficient (Wildman–Crippen LogP) is 5.54. The molecule has 0 aliphatic heterocycles. The van der Waals surface area contributed by atoms with Crippen LogP contribution in [0.3, 0.4) is 0 Å². The van der Waals surface area contributed by atoms with Gasteiger partial charge in [0.2, 0.25) is 0 Å². The van der Waals surface area contributed by atoms with E-state index in [1.807, 2.05) is 12.1 Å². The summed E-state index contributed by atoms with van der Waals surface area (Å²) in [4.78, 5) is 16.1. The van der Waals surface area contributed by atoms with Gasteiger partial charge in [0, 0.05) is 12.1 Å². The monoisotopic (exact) mass is 363 g/mol. The Kier molecular flexibility index (Phi) is 4.98. The lowest BCUT2D eigenvalue weighted by molar-refractivity contribution is 0.0600. The molecule has 0 fully saturated rings. The third-order valence-corrected chi connectivity index (χ3v) is 6.00. The van der Waals surface area contributed by atoms with Crippen molar-refractivity contribution in [2.75, 3.05) is 7.11 Å². The summed E-state index contributed by atoms with van der Waals surface area (Å²) in [5, 5.41) is 0. The fraction of sp³-hybridized carbons (Fsp3) is 0.417. The summed E-state index contributed by atoms with van der Waals surface area (Å²) >= 11 is 0. The van der Waals surface area contributed by atoms with E-state index in [9.17, 15) is 4.79 Å². The molecule has 1 aromatic heterocycles. The van der Waals surface area contributed by atoms with E-state index in [0.717, 1.165) is 5.69 Å². The highest BCUT2D eigenvalue weighted by Crippen LogP contribution is 2.46. The summed E-state index contributed by atoms with van der Waals surface area (Å²) in [5.41, 5.74) is 5.76. The lowest BCUT2D eigenvalue weighted by Gasteiger charge is -2.42. The normalized spacial score (nSPS) is 18.3. The number of allylic oxidation sites excluding steroid dienone is 1. The Morgan fingerprint density at radius 2 is 1.78 bits per heavy atom. The van der Waals surface area contributed by atoms with Gasteiger partial charge in [0.05, 0.1) is 18.4 Å². The second kappa shape index (κ2) is 6.95. The smallest absolute Gasteiger partial charge is 0.339 e. The minimum absolute atomic E-state index is 0.0113. The Bertz CT molecular complexity index is 862. The minimum Gasteiger partial charge on any atom is -0.465 e. The number of methoxy groups -OCH3 is 1. The van der Waals surface area contributed by atoms with E-state index < -0.39 is 0 Å². The molecule has 1 aliphatic carbocycles. The first-order valence-corrected chi connectivity index (χ1v) is 9.51. The molecular formula is C24H29NO2. The average molecular weight is 364 g/mol. The molecule has 3 heteroatoms. The molecule has 0 amide bonds. The van der Waals surface area contributed by atoms with Gasteiger partial charge >= 0.3 is 5.97 Å². The number of aromatic nitrogens is 1. The molecule has 0 saturated heterocycles. The van der Waals surface area contributed by atoms with Crippen LogP contribution in [-0.4, -0.2) is 18.1 Å². The second-order valence-electron chi connectivity index (χ2n) is 8.75. The van der Waals surface area contributed by atoms with Crippen LogP contribution in [0, 0.1) is 0 Å². The zero-order valence-electron chi connectivity index (χ0n) is 17.0. The Labute approximate surface area is 162 Å². The van der Waals surface area contributed by atoms with E-state index in [1.54, 1.807) is 12.3 Å². The van der Waals surface area contributed by atoms with Crippen molar-refractivity contribution in [2.45, 2.75) is 57.3 Å². The molecule has 142 valence electrons.